The monoisotopic (exact) mass is 401 g/mol. The van der Waals surface area contributed by atoms with E-state index in [0.29, 0.717) is 32.8 Å². The lowest BCUT2D eigenvalue weighted by atomic mass is 10.2. The van der Waals surface area contributed by atoms with Crippen LogP contribution in [0.2, 0.25) is 0 Å². The van der Waals surface area contributed by atoms with E-state index in [0.717, 1.165) is 28.5 Å². The average Bonchev–Trinajstić information content (AvgIpc) is 3.34. The zero-order valence-corrected chi connectivity index (χ0v) is 16.3. The molecule has 2 amide bonds. The lowest BCUT2D eigenvalue weighted by Gasteiger charge is -2.36. The maximum Gasteiger partial charge on any atom is 0.252 e. The number of piperazine rings is 1. The van der Waals surface area contributed by atoms with Crippen LogP contribution in [0.5, 0.6) is 0 Å². The summed E-state index contributed by atoms with van der Waals surface area (Å²) in [6.07, 6.45) is 1.31. The summed E-state index contributed by atoms with van der Waals surface area (Å²) in [4.78, 5) is 28.1. The predicted octanol–water partition coefficient (Wildman–Crippen LogP) is 0.218. The van der Waals surface area contributed by atoms with Gasteiger partial charge >= 0.3 is 0 Å². The quantitative estimate of drug-likeness (QED) is 0.704. The fourth-order valence-corrected chi connectivity index (χ4v) is 5.41. The van der Waals surface area contributed by atoms with Gasteiger partial charge in [0.05, 0.1) is 6.54 Å². The fraction of sp³-hybridized carbons (Fsp3) is 0.625. The number of nitrogens with zero attached hydrogens (tertiary/aromatic N) is 3. The van der Waals surface area contributed by atoms with E-state index in [1.165, 1.54) is 13.1 Å². The van der Waals surface area contributed by atoms with Crippen molar-refractivity contribution in [1.82, 2.24) is 14.1 Å². The van der Waals surface area contributed by atoms with E-state index in [9.17, 15) is 18.0 Å². The third kappa shape index (κ3) is 4.08. The zero-order valence-electron chi connectivity index (χ0n) is 14.7. The zero-order chi connectivity index (χ0) is 18.7. The molecule has 26 heavy (non-hydrogen) atoms. The lowest BCUT2D eigenvalue weighted by molar-refractivity contribution is -0.146. The van der Waals surface area contributed by atoms with Crippen molar-refractivity contribution in [3.8, 4) is 0 Å². The molecule has 144 valence electrons. The first-order chi connectivity index (χ1) is 12.4. The van der Waals surface area contributed by atoms with Crippen molar-refractivity contribution in [2.24, 2.45) is 0 Å². The molecule has 1 aromatic rings. The number of hydrogen-bond acceptors (Lipinski definition) is 6. The summed E-state index contributed by atoms with van der Waals surface area (Å²) < 4.78 is 31.5. The van der Waals surface area contributed by atoms with Crippen molar-refractivity contribution < 1.29 is 22.7 Å². The average molecular weight is 402 g/mol. The Morgan fingerprint density at radius 1 is 1.27 bits per heavy atom. The van der Waals surface area contributed by atoms with Gasteiger partial charge in [-0.1, -0.05) is 6.07 Å². The van der Waals surface area contributed by atoms with Crippen molar-refractivity contribution in [3.63, 3.8) is 0 Å². The molecule has 2 saturated heterocycles. The van der Waals surface area contributed by atoms with E-state index in [4.69, 9.17) is 4.74 Å². The molecule has 10 heteroatoms. The molecular formula is C16H23N3O5S2. The van der Waals surface area contributed by atoms with E-state index in [-0.39, 0.29) is 28.7 Å². The molecule has 0 saturated carbocycles. The Kier molecular flexibility index (Phi) is 5.96. The second kappa shape index (κ2) is 8.03. The van der Waals surface area contributed by atoms with Gasteiger partial charge in [-0.3, -0.25) is 9.59 Å². The van der Waals surface area contributed by atoms with Gasteiger partial charge in [-0.05, 0) is 24.3 Å². The number of carbonyl (C=O) groups excluding carboxylic acids is 2. The molecule has 2 fully saturated rings. The molecule has 1 atom stereocenters. The predicted molar refractivity (Wildman–Crippen MR) is 96.3 cm³/mol. The van der Waals surface area contributed by atoms with Gasteiger partial charge in [-0.2, -0.15) is 4.31 Å². The van der Waals surface area contributed by atoms with Crippen LogP contribution in [-0.4, -0.2) is 86.8 Å². The summed E-state index contributed by atoms with van der Waals surface area (Å²) in [5.41, 5.74) is 0. The van der Waals surface area contributed by atoms with Crippen LogP contribution in [0.4, 0.5) is 0 Å². The summed E-state index contributed by atoms with van der Waals surface area (Å²) in [7, 11) is -2.23. The van der Waals surface area contributed by atoms with Crippen molar-refractivity contribution in [2.75, 3.05) is 46.4 Å². The van der Waals surface area contributed by atoms with Crippen molar-refractivity contribution in [2.45, 2.75) is 23.2 Å². The topological polar surface area (TPSA) is 87.2 Å². The maximum atomic E-state index is 12.5. The molecule has 3 rings (SSSR count). The Bertz CT molecular complexity index is 736. The molecule has 3 heterocycles. The molecule has 0 N–H and O–H groups in total. The minimum absolute atomic E-state index is 0.00742. The van der Waals surface area contributed by atoms with Crippen molar-refractivity contribution in [1.29, 1.82) is 0 Å². The first-order valence-corrected chi connectivity index (χ1v) is 10.9. The van der Waals surface area contributed by atoms with E-state index < -0.39 is 10.0 Å². The van der Waals surface area contributed by atoms with Crippen LogP contribution in [0.15, 0.2) is 21.7 Å². The van der Waals surface area contributed by atoms with Crippen LogP contribution in [0.3, 0.4) is 0 Å². The fourth-order valence-electron chi connectivity index (χ4n) is 3.09. The first kappa shape index (κ1) is 19.3. The third-order valence-corrected chi connectivity index (χ3v) is 7.84. The Labute approximate surface area is 157 Å². The number of thiophene rings is 1. The van der Waals surface area contributed by atoms with Crippen LogP contribution in [0.25, 0.3) is 0 Å². The smallest absolute Gasteiger partial charge is 0.252 e. The number of rotatable bonds is 5. The van der Waals surface area contributed by atoms with Gasteiger partial charge < -0.3 is 14.5 Å². The molecule has 2 aliphatic rings. The molecule has 0 spiro atoms. The summed E-state index contributed by atoms with van der Waals surface area (Å²) in [6.45, 7) is 2.13. The van der Waals surface area contributed by atoms with Crippen molar-refractivity contribution in [3.05, 3.63) is 17.5 Å². The number of hydrogen-bond donors (Lipinski definition) is 0. The van der Waals surface area contributed by atoms with Crippen molar-refractivity contribution >= 4 is 33.2 Å². The van der Waals surface area contributed by atoms with Crippen LogP contribution in [0, 0.1) is 0 Å². The molecule has 0 aliphatic carbocycles. The number of amides is 2. The number of sulfonamides is 1. The molecule has 1 unspecified atom stereocenters. The summed E-state index contributed by atoms with van der Waals surface area (Å²) in [5.74, 6) is -0.260. The highest BCUT2D eigenvalue weighted by atomic mass is 32.2. The van der Waals surface area contributed by atoms with Gasteiger partial charge in [0.25, 0.3) is 15.9 Å². The normalized spacial score (nSPS) is 21.4. The second-order valence-corrected chi connectivity index (χ2v) is 9.62. The van der Waals surface area contributed by atoms with Gasteiger partial charge in [-0.15, -0.1) is 11.3 Å². The molecule has 8 nitrogen and oxygen atoms in total. The number of likely N-dealkylation sites (N-methyl/N-ethyl adjacent to an activating group) is 1. The molecule has 0 aromatic carbocycles. The molecule has 0 radical (unpaired) electrons. The Morgan fingerprint density at radius 3 is 2.54 bits per heavy atom. The Morgan fingerprint density at radius 2 is 1.96 bits per heavy atom. The van der Waals surface area contributed by atoms with Gasteiger partial charge in [0.2, 0.25) is 5.91 Å². The summed E-state index contributed by atoms with van der Waals surface area (Å²) in [6, 6.07) is 3.19. The molecule has 1 aromatic heterocycles. The van der Waals surface area contributed by atoms with E-state index in [1.54, 1.807) is 21.2 Å². The van der Waals surface area contributed by atoms with Gasteiger partial charge in [0, 0.05) is 39.8 Å². The number of ether oxygens (including phenoxy) is 1. The van der Waals surface area contributed by atoms with E-state index in [2.05, 4.69) is 0 Å². The highest BCUT2D eigenvalue weighted by Crippen LogP contribution is 2.20. The third-order valence-electron chi connectivity index (χ3n) is 4.67. The molecule has 0 bridgehead atoms. The second-order valence-electron chi connectivity index (χ2n) is 6.40. The minimum Gasteiger partial charge on any atom is -0.368 e. The van der Waals surface area contributed by atoms with Crippen LogP contribution < -0.4 is 0 Å². The van der Waals surface area contributed by atoms with E-state index in [1.807, 2.05) is 0 Å². The largest absolute Gasteiger partial charge is 0.368 e. The van der Waals surface area contributed by atoms with Crippen LogP contribution in [-0.2, 0) is 24.3 Å². The SMILES string of the molecule is CN(CC(=O)N1CCN(C(=O)C2CCCO2)CC1)S(=O)(=O)c1cccs1. The first-order valence-electron chi connectivity index (χ1n) is 8.57. The highest BCUT2D eigenvalue weighted by molar-refractivity contribution is 7.91. The van der Waals surface area contributed by atoms with Gasteiger partial charge in [-0.25, -0.2) is 8.42 Å². The highest BCUT2D eigenvalue weighted by Gasteiger charge is 2.32. The van der Waals surface area contributed by atoms with E-state index >= 15 is 0 Å². The van der Waals surface area contributed by atoms with Crippen LogP contribution >= 0.6 is 11.3 Å². The Balaban J connectivity index is 1.51. The van der Waals surface area contributed by atoms with Gasteiger partial charge in [0.1, 0.15) is 10.3 Å². The van der Waals surface area contributed by atoms with Gasteiger partial charge in [0.15, 0.2) is 0 Å². The lowest BCUT2D eigenvalue weighted by Crippen LogP contribution is -2.54. The Hall–Kier alpha value is -1.49. The molecular weight excluding hydrogens is 378 g/mol. The summed E-state index contributed by atoms with van der Waals surface area (Å²) >= 11 is 1.13. The number of carbonyl (C=O) groups is 2. The molecule has 2 aliphatic heterocycles. The maximum absolute atomic E-state index is 12.5. The summed E-state index contributed by atoms with van der Waals surface area (Å²) in [5, 5.41) is 1.69. The standard InChI is InChI=1S/C16H23N3O5S2/c1-17(26(22,23)15-5-3-11-25-15)12-14(20)18-6-8-19(9-7-18)16(21)13-4-2-10-24-13/h3,5,11,13H,2,4,6-10,12H2,1H3. The minimum atomic E-state index is -3.64. The van der Waals surface area contributed by atoms with Crippen LogP contribution in [0.1, 0.15) is 12.8 Å².